The Kier molecular flexibility index (Phi) is 18.0. The van der Waals surface area contributed by atoms with Gasteiger partial charge < -0.3 is 48.0 Å². The maximum Gasteiger partial charge on any atom is 0.407 e. The molecule has 5 aliphatic carbocycles. The van der Waals surface area contributed by atoms with Crippen molar-refractivity contribution in [3.8, 4) is 0 Å². The summed E-state index contributed by atoms with van der Waals surface area (Å²) in [7, 11) is 1.81. The second-order valence-corrected chi connectivity index (χ2v) is 29.8. The SMILES string of the molecule is CCC1OC(O[C@@H]2C(O[C@H]3CCC4(C)C5CC=C6C7CC(C)(C)CCC7(C(=O)CCCNC(=O)OC(C)(C)C)[C@@H](OC)C[C@@]6(C)[C@@]5(C)CC[C@H]4[C@@]3(C)C=O)OC(C(C)=O)[C@@H](C)[C@@H]2OC2OC[C@@H](C)[C@H](C)[C@@H]2C)[C@@H](C)[C@@H](C)[C@H]1C. The van der Waals surface area contributed by atoms with Crippen molar-refractivity contribution in [2.24, 2.45) is 91.7 Å². The Hall–Kier alpha value is -2.26. The molecule has 9 unspecified atom stereocenters. The highest BCUT2D eigenvalue weighted by molar-refractivity contribution is 5.87. The molecule has 1 amide bonds. The molecule has 8 rings (SSSR count). The zero-order chi connectivity index (χ0) is 57.5. The van der Waals surface area contributed by atoms with Crippen LogP contribution in [0.25, 0.3) is 0 Å². The molecule has 0 aromatic heterocycles. The summed E-state index contributed by atoms with van der Waals surface area (Å²) in [5.74, 6) is 1.57. The van der Waals surface area contributed by atoms with Crippen LogP contribution in [0, 0.1) is 91.7 Å². The molecule has 3 saturated heterocycles. The third-order valence-corrected chi connectivity index (χ3v) is 23.8. The first-order chi connectivity index (χ1) is 36.4. The van der Waals surface area contributed by atoms with E-state index < -0.39 is 71.7 Å². The van der Waals surface area contributed by atoms with Gasteiger partial charge in [0.2, 0.25) is 0 Å². The number of hydrogen-bond donors (Lipinski definition) is 1. The monoisotopic (exact) mass is 1090 g/mol. The second kappa shape index (κ2) is 22.7. The van der Waals surface area contributed by atoms with Crippen LogP contribution in [0.2, 0.25) is 0 Å². The molecular weight excluding hydrogens is 987 g/mol. The summed E-state index contributed by atoms with van der Waals surface area (Å²) in [4.78, 5) is 55.7. The average Bonchev–Trinajstić information content (AvgIpc) is 3.47. The molecule has 4 saturated carbocycles. The van der Waals surface area contributed by atoms with E-state index >= 15 is 4.79 Å². The molecule has 7 fully saturated rings. The normalized spacial score (nSPS) is 48.2. The van der Waals surface area contributed by atoms with Crippen molar-refractivity contribution in [1.29, 1.82) is 0 Å². The van der Waals surface area contributed by atoms with E-state index in [4.69, 9.17) is 37.9 Å². The number of alkyl carbamates (subject to hydrolysis) is 1. The van der Waals surface area contributed by atoms with Crippen LogP contribution in [0.3, 0.4) is 0 Å². The smallest absolute Gasteiger partial charge is 0.407 e. The highest BCUT2D eigenvalue weighted by Crippen LogP contribution is 2.76. The van der Waals surface area contributed by atoms with E-state index in [1.54, 1.807) is 6.92 Å². The number of allylic oxidation sites excluding steroid dienone is 2. The first-order valence-electron chi connectivity index (χ1n) is 31.0. The highest BCUT2D eigenvalue weighted by atomic mass is 16.8. The molecule has 0 aromatic carbocycles. The third kappa shape index (κ3) is 10.7. The van der Waals surface area contributed by atoms with Gasteiger partial charge in [0.05, 0.1) is 41.9 Å². The van der Waals surface area contributed by atoms with Crippen molar-refractivity contribution >= 4 is 23.9 Å². The van der Waals surface area contributed by atoms with Gasteiger partial charge in [0.25, 0.3) is 0 Å². The number of ketones is 2. The second-order valence-electron chi connectivity index (χ2n) is 29.8. The van der Waals surface area contributed by atoms with Crippen molar-refractivity contribution in [1.82, 2.24) is 5.32 Å². The number of rotatable bonds is 15. The Morgan fingerprint density at radius 3 is 2.08 bits per heavy atom. The molecule has 3 heterocycles. The van der Waals surface area contributed by atoms with Gasteiger partial charge in [-0.15, -0.1) is 0 Å². The zero-order valence-electron chi connectivity index (χ0n) is 51.9. The summed E-state index contributed by atoms with van der Waals surface area (Å²) in [6, 6.07) is 0. The van der Waals surface area contributed by atoms with Crippen LogP contribution in [-0.4, -0.2) is 105 Å². The van der Waals surface area contributed by atoms with E-state index in [0.717, 1.165) is 57.8 Å². The topological polar surface area (TPSA) is 154 Å². The fourth-order valence-corrected chi connectivity index (χ4v) is 18.1. The predicted molar refractivity (Wildman–Crippen MR) is 301 cm³/mol. The van der Waals surface area contributed by atoms with Crippen molar-refractivity contribution in [2.45, 2.75) is 263 Å². The van der Waals surface area contributed by atoms with Gasteiger partial charge in [-0.2, -0.15) is 0 Å². The third-order valence-electron chi connectivity index (χ3n) is 23.8. The number of aldehydes is 1. The average molecular weight is 1090 g/mol. The number of methoxy groups -OCH3 is 1. The van der Waals surface area contributed by atoms with Crippen LogP contribution in [-0.2, 0) is 52.3 Å². The Bertz CT molecular complexity index is 2210. The van der Waals surface area contributed by atoms with Gasteiger partial charge in [-0.3, -0.25) is 9.59 Å². The Balaban J connectivity index is 1.09. The molecule has 8 aliphatic rings. The van der Waals surface area contributed by atoms with Crippen LogP contribution in [0.15, 0.2) is 11.6 Å². The summed E-state index contributed by atoms with van der Waals surface area (Å²) in [5.41, 5.74) is -1.31. The van der Waals surface area contributed by atoms with Gasteiger partial charge in [0.1, 0.15) is 29.9 Å². The first kappa shape index (κ1) is 61.8. The largest absolute Gasteiger partial charge is 0.444 e. The molecule has 1 N–H and O–H groups in total. The summed E-state index contributed by atoms with van der Waals surface area (Å²) < 4.78 is 54.3. The molecular formula is C65H107NO12. The maximum atomic E-state index is 15.1. The van der Waals surface area contributed by atoms with Gasteiger partial charge >= 0.3 is 6.09 Å². The predicted octanol–water partition coefficient (Wildman–Crippen LogP) is 12.9. The molecule has 0 aromatic rings. The van der Waals surface area contributed by atoms with Gasteiger partial charge in [-0.25, -0.2) is 4.79 Å². The summed E-state index contributed by atoms with van der Waals surface area (Å²) >= 11 is 0. The lowest BCUT2D eigenvalue weighted by Gasteiger charge is -2.72. The highest BCUT2D eigenvalue weighted by Gasteiger charge is 2.72. The van der Waals surface area contributed by atoms with Crippen LogP contribution >= 0.6 is 0 Å². The molecule has 0 bridgehead atoms. The minimum Gasteiger partial charge on any atom is -0.444 e. The molecule has 3 aliphatic heterocycles. The molecule has 13 heteroatoms. The van der Waals surface area contributed by atoms with Gasteiger partial charge in [-0.05, 0) is 161 Å². The van der Waals surface area contributed by atoms with E-state index in [1.807, 2.05) is 34.8 Å². The fourth-order valence-electron chi connectivity index (χ4n) is 18.1. The lowest BCUT2D eigenvalue weighted by atomic mass is 9.33. The molecule has 13 nitrogen and oxygen atoms in total. The van der Waals surface area contributed by atoms with Crippen LogP contribution in [0.4, 0.5) is 4.79 Å². The number of hydrogen-bond acceptors (Lipinski definition) is 12. The van der Waals surface area contributed by atoms with Crippen molar-refractivity contribution in [3.05, 3.63) is 11.6 Å². The standard InChI is InChI=1S/C65H107NO12/c1-20-46-39(5)38(4)41(7)56(73-46)77-54-53(76-55-40(6)37(3)36(2)34-72-55)42(8)52(43(9)68)75-57(54)74-50-26-27-61(15)47(62(50,16)35-67)25-28-63(17)48(61)24-23-44-45-32-60(13,14)29-30-65(45,51(71-19)33-64(44,63)18)49(69)22-21-31-66-58(70)78-59(10,11)12/h23,35-42,45-48,50-57H,20-22,24-34H2,1-19H3,(H,66,70)/t36-,37+,38+,39-,40+,41+,42-,45?,46?,47-,48?,50+,51+,52?,53+,54+,55?,56?,57?,61?,62-,63+,64-,65?/m1/s1. The van der Waals surface area contributed by atoms with E-state index in [1.165, 1.54) is 11.9 Å². The minimum absolute atomic E-state index is 0.00453. The molecule has 0 radical (unpaired) electrons. The minimum atomic E-state index is -1.03. The molecule has 24 atom stereocenters. The van der Waals surface area contributed by atoms with E-state index in [0.29, 0.717) is 56.1 Å². The Morgan fingerprint density at radius 1 is 0.756 bits per heavy atom. The van der Waals surface area contributed by atoms with Crippen LogP contribution in [0.1, 0.15) is 202 Å². The molecule has 0 spiro atoms. The number of carbonyl (C=O) groups is 4. The zero-order valence-corrected chi connectivity index (χ0v) is 51.9. The number of fused-ring (bicyclic) bond motifs is 7. The van der Waals surface area contributed by atoms with Crippen LogP contribution in [0.5, 0.6) is 0 Å². The number of amides is 1. The van der Waals surface area contributed by atoms with Gasteiger partial charge in [-0.1, -0.05) is 109 Å². The van der Waals surface area contributed by atoms with Crippen molar-refractivity contribution in [2.75, 3.05) is 20.3 Å². The lowest BCUT2D eigenvalue weighted by Crippen LogP contribution is -2.68. The lowest BCUT2D eigenvalue weighted by molar-refractivity contribution is -0.374. The van der Waals surface area contributed by atoms with E-state index in [2.05, 4.69) is 101 Å². The van der Waals surface area contributed by atoms with Gasteiger partial charge in [0.15, 0.2) is 24.7 Å². The number of nitrogens with one attached hydrogen (secondary N) is 1. The molecule has 444 valence electrons. The first-order valence-corrected chi connectivity index (χ1v) is 31.0. The van der Waals surface area contributed by atoms with Crippen molar-refractivity contribution in [3.63, 3.8) is 0 Å². The maximum absolute atomic E-state index is 15.1. The number of ether oxygens (including phenoxy) is 8. The summed E-state index contributed by atoms with van der Waals surface area (Å²) in [6.07, 6.45) is 7.37. The quantitative estimate of drug-likeness (QED) is 0.0718. The Labute approximate surface area is 470 Å². The van der Waals surface area contributed by atoms with Crippen LogP contribution < -0.4 is 5.32 Å². The van der Waals surface area contributed by atoms with E-state index in [-0.39, 0.29) is 75.0 Å². The fraction of sp³-hybridized carbons (Fsp3) is 0.908. The summed E-state index contributed by atoms with van der Waals surface area (Å²) in [6.45, 7) is 40.0. The Morgan fingerprint density at radius 2 is 1.44 bits per heavy atom. The van der Waals surface area contributed by atoms with E-state index in [9.17, 15) is 14.4 Å². The number of carbonyl (C=O) groups excluding carboxylic acids is 4. The van der Waals surface area contributed by atoms with Crippen molar-refractivity contribution < 1.29 is 57.1 Å². The summed E-state index contributed by atoms with van der Waals surface area (Å²) in [5, 5.41) is 2.88. The molecule has 78 heavy (non-hydrogen) atoms. The number of Topliss-reactive ketones (excluding diaryl/α,β-unsaturated/α-hetero) is 2. The van der Waals surface area contributed by atoms with Gasteiger partial charge in [0, 0.05) is 37.8 Å².